The van der Waals surface area contributed by atoms with Crippen molar-refractivity contribution < 1.29 is 28.9 Å². The number of fused-ring (bicyclic) bond motifs is 4. The van der Waals surface area contributed by atoms with Gasteiger partial charge in [0.1, 0.15) is 5.75 Å². The minimum Gasteiger partial charge on any atom is -0.508 e. The van der Waals surface area contributed by atoms with Gasteiger partial charge in [-0.1, -0.05) is 24.3 Å². The first-order valence-electron chi connectivity index (χ1n) is 20.9. The molecule has 0 unspecified atom stereocenters. The van der Waals surface area contributed by atoms with Gasteiger partial charge < -0.3 is 33.4 Å². The lowest BCUT2D eigenvalue weighted by Gasteiger charge is -2.40. The molecular weight excluding hydrogens is 778 g/mol. The van der Waals surface area contributed by atoms with Gasteiger partial charge in [-0.25, -0.2) is 0 Å². The zero-order chi connectivity index (χ0) is 40.0. The Labute approximate surface area is 356 Å². The maximum Gasteiger partial charge on any atom is 0.264 e. The third-order valence-corrected chi connectivity index (χ3v) is 12.5. The fourth-order valence-corrected chi connectivity index (χ4v) is 9.42. The molecule has 0 bridgehead atoms. The Bertz CT molecular complexity index is 2560. The van der Waals surface area contributed by atoms with Crippen LogP contribution in [0.25, 0.3) is 22.2 Å². The number of morpholine rings is 1. The minimum absolute atomic E-state index is 0. The van der Waals surface area contributed by atoms with Crippen molar-refractivity contribution in [3.05, 3.63) is 125 Å². The molecule has 10 rings (SSSR count). The highest BCUT2D eigenvalue weighted by Crippen LogP contribution is 2.42. The molecule has 4 aliphatic rings. The van der Waals surface area contributed by atoms with Gasteiger partial charge in [0.2, 0.25) is 0 Å². The number of carbonyl (C=O) groups excluding carboxylic acids is 2. The van der Waals surface area contributed by atoms with Crippen LogP contribution < -0.4 is 14.4 Å². The quantitative estimate of drug-likeness (QED) is 0.174. The first-order chi connectivity index (χ1) is 28.9. The van der Waals surface area contributed by atoms with Crippen molar-refractivity contribution >= 4 is 46.5 Å². The molecule has 4 aliphatic heterocycles. The van der Waals surface area contributed by atoms with Crippen LogP contribution in [0.5, 0.6) is 17.2 Å². The molecule has 11 nitrogen and oxygen atoms in total. The van der Waals surface area contributed by atoms with Crippen LogP contribution in [-0.2, 0) is 37.7 Å². The number of carbonyl (C=O) groups is 2. The van der Waals surface area contributed by atoms with E-state index in [0.717, 1.165) is 90.8 Å². The van der Waals surface area contributed by atoms with Crippen molar-refractivity contribution in [1.29, 1.82) is 0 Å². The normalized spacial score (nSPS) is 17.6. The van der Waals surface area contributed by atoms with Gasteiger partial charge in [0.05, 0.1) is 37.6 Å². The van der Waals surface area contributed by atoms with Crippen molar-refractivity contribution in [2.75, 3.05) is 51.0 Å². The second kappa shape index (κ2) is 16.7. The van der Waals surface area contributed by atoms with Gasteiger partial charge >= 0.3 is 0 Å². The van der Waals surface area contributed by atoms with Crippen molar-refractivity contribution in [3.8, 4) is 28.5 Å². The molecule has 0 radical (unpaired) electrons. The second-order valence-electron chi connectivity index (χ2n) is 16.2. The molecule has 310 valence electrons. The fourth-order valence-electron chi connectivity index (χ4n) is 9.42. The Balaban J connectivity index is 0.00000462. The summed E-state index contributed by atoms with van der Waals surface area (Å²) in [4.78, 5) is 36.9. The predicted octanol–water partition coefficient (Wildman–Crippen LogP) is 8.15. The Morgan fingerprint density at radius 3 is 2.33 bits per heavy atom. The standard InChI is InChI=1S/C48H49N5O6.ClH/c1-49-18-16-33-26-36(12-15-42(33)49)53(35-10-13-38(54)14-11-35)48(56)41-27-44(51-17-5-4-9-43(41)51)39-28-45-46(59-22-6-21-58-45)29-40(39)47(55)52-30-34-8-3-2-7-32(34)25-37(52)31-50-19-23-57-24-20-50;/h2-3,7-8,10-16,18,26-29,37,54H,4-6,9,17,19-25,30-31H2,1H3;1H/t37-;/m0./s1. The SMILES string of the molecule is Cl.Cn1ccc2cc(N(C(=O)c3cc(-c4cc5c(cc4C(=O)N4Cc6ccccc6C[C@H]4CN4CCOCC4)OCCCO5)n4c3CCCC4)c3ccc(O)cc3)ccc21. The summed E-state index contributed by atoms with van der Waals surface area (Å²) in [5.74, 6) is 1.05. The van der Waals surface area contributed by atoms with Gasteiger partial charge in [-0.3, -0.25) is 19.4 Å². The molecule has 12 heteroatoms. The number of hydrogen-bond acceptors (Lipinski definition) is 7. The van der Waals surface area contributed by atoms with Crippen LogP contribution in [0, 0.1) is 0 Å². The summed E-state index contributed by atoms with van der Waals surface area (Å²) < 4.78 is 22.5. The molecule has 60 heavy (non-hydrogen) atoms. The number of ether oxygens (including phenoxy) is 3. The van der Waals surface area contributed by atoms with Gasteiger partial charge in [0.15, 0.2) is 11.5 Å². The Morgan fingerprint density at radius 1 is 0.783 bits per heavy atom. The molecule has 0 saturated carbocycles. The Hall–Kier alpha value is -5.75. The average Bonchev–Trinajstić information content (AvgIpc) is 3.75. The molecular formula is C48H50ClN5O6. The number of aryl methyl sites for hydroxylation is 1. The van der Waals surface area contributed by atoms with Crippen LogP contribution in [0.15, 0.2) is 97.2 Å². The lowest BCUT2D eigenvalue weighted by atomic mass is 9.92. The highest BCUT2D eigenvalue weighted by atomic mass is 35.5. The van der Waals surface area contributed by atoms with E-state index in [-0.39, 0.29) is 36.0 Å². The maximum absolute atomic E-state index is 15.4. The number of aromatic hydroxyl groups is 1. The smallest absolute Gasteiger partial charge is 0.264 e. The second-order valence-corrected chi connectivity index (χ2v) is 16.2. The molecule has 6 heterocycles. The Kier molecular flexibility index (Phi) is 11.1. The molecule has 1 N–H and O–H groups in total. The Morgan fingerprint density at radius 2 is 1.53 bits per heavy atom. The third kappa shape index (κ3) is 7.39. The number of amides is 2. The van der Waals surface area contributed by atoms with E-state index >= 15 is 9.59 Å². The monoisotopic (exact) mass is 827 g/mol. The fraction of sp³-hybridized carbons (Fsp3) is 0.333. The number of benzene rings is 4. The van der Waals surface area contributed by atoms with Crippen molar-refractivity contribution in [1.82, 2.24) is 18.9 Å². The molecule has 6 aromatic rings. The summed E-state index contributed by atoms with van der Waals surface area (Å²) in [5, 5.41) is 11.3. The molecule has 2 aromatic heterocycles. The lowest BCUT2D eigenvalue weighted by molar-refractivity contribution is 0.0193. The zero-order valence-corrected chi connectivity index (χ0v) is 34.7. The number of phenolic OH excluding ortho intramolecular Hbond substituents is 1. The number of phenols is 1. The number of rotatable bonds is 7. The van der Waals surface area contributed by atoms with Gasteiger partial charge in [0, 0.05) is 97.7 Å². The van der Waals surface area contributed by atoms with E-state index in [2.05, 4.69) is 37.1 Å². The van der Waals surface area contributed by atoms with E-state index in [1.54, 1.807) is 29.2 Å². The maximum atomic E-state index is 15.4. The molecule has 4 aromatic carbocycles. The van der Waals surface area contributed by atoms with Crippen molar-refractivity contribution in [3.63, 3.8) is 0 Å². The van der Waals surface area contributed by atoms with Crippen LogP contribution in [0.1, 0.15) is 56.8 Å². The molecule has 1 fully saturated rings. The van der Waals surface area contributed by atoms with E-state index in [1.807, 2.05) is 61.8 Å². The van der Waals surface area contributed by atoms with Gasteiger partial charge in [-0.15, -0.1) is 12.4 Å². The van der Waals surface area contributed by atoms with E-state index in [0.29, 0.717) is 67.8 Å². The number of halogens is 1. The lowest BCUT2D eigenvalue weighted by Crippen LogP contribution is -2.52. The molecule has 0 spiro atoms. The van der Waals surface area contributed by atoms with Crippen LogP contribution in [0.2, 0.25) is 0 Å². The third-order valence-electron chi connectivity index (χ3n) is 12.5. The van der Waals surface area contributed by atoms with Gasteiger partial charge in [0.25, 0.3) is 11.8 Å². The summed E-state index contributed by atoms with van der Waals surface area (Å²) in [5.41, 5.74) is 8.48. The number of aromatic nitrogens is 2. The molecule has 2 amide bonds. The van der Waals surface area contributed by atoms with Crippen molar-refractivity contribution in [2.24, 2.45) is 7.05 Å². The van der Waals surface area contributed by atoms with Crippen LogP contribution in [0.3, 0.4) is 0 Å². The van der Waals surface area contributed by atoms with E-state index < -0.39 is 0 Å². The van der Waals surface area contributed by atoms with Crippen LogP contribution in [-0.4, -0.2) is 88.0 Å². The van der Waals surface area contributed by atoms with Crippen molar-refractivity contribution in [2.45, 2.75) is 51.2 Å². The zero-order valence-electron chi connectivity index (χ0n) is 33.8. The summed E-state index contributed by atoms with van der Waals surface area (Å²) in [6, 6.07) is 29.1. The first kappa shape index (κ1) is 39.7. The van der Waals surface area contributed by atoms with E-state index in [9.17, 15) is 5.11 Å². The highest BCUT2D eigenvalue weighted by molar-refractivity contribution is 6.13. The minimum atomic E-state index is -0.177. The average molecular weight is 828 g/mol. The van der Waals surface area contributed by atoms with Gasteiger partial charge in [-0.2, -0.15) is 0 Å². The topological polar surface area (TPSA) is 102 Å². The molecule has 1 saturated heterocycles. The first-order valence-corrected chi connectivity index (χ1v) is 20.9. The summed E-state index contributed by atoms with van der Waals surface area (Å²) >= 11 is 0. The number of anilines is 2. The summed E-state index contributed by atoms with van der Waals surface area (Å²) in [6.45, 7) is 6.03. The summed E-state index contributed by atoms with van der Waals surface area (Å²) in [6.07, 6.45) is 6.13. The van der Waals surface area contributed by atoms with Gasteiger partial charge in [-0.05, 0) is 104 Å². The van der Waals surface area contributed by atoms with E-state index in [4.69, 9.17) is 14.2 Å². The highest BCUT2D eigenvalue weighted by Gasteiger charge is 2.36. The number of nitrogens with zero attached hydrogens (tertiary/aromatic N) is 5. The number of hydrogen-bond donors (Lipinski definition) is 1. The van der Waals surface area contributed by atoms with Crippen LogP contribution >= 0.6 is 12.4 Å². The molecule has 0 aliphatic carbocycles. The summed E-state index contributed by atoms with van der Waals surface area (Å²) in [7, 11) is 2.01. The molecule has 1 atom stereocenters. The predicted molar refractivity (Wildman–Crippen MR) is 234 cm³/mol. The van der Waals surface area contributed by atoms with E-state index in [1.165, 1.54) is 5.56 Å². The largest absolute Gasteiger partial charge is 0.508 e. The van der Waals surface area contributed by atoms with Crippen LogP contribution in [0.4, 0.5) is 11.4 Å².